The van der Waals surface area contributed by atoms with Gasteiger partial charge in [-0.2, -0.15) is 0 Å². The minimum absolute atomic E-state index is 0.0538. The second kappa shape index (κ2) is 53.5. The molecule has 0 heterocycles. The molecule has 6 heteroatoms. The largest absolute Gasteiger partial charge is 0.462 e. The van der Waals surface area contributed by atoms with Gasteiger partial charge < -0.3 is 20.3 Å². The van der Waals surface area contributed by atoms with Crippen molar-refractivity contribution in [3.05, 3.63) is 60.8 Å². The van der Waals surface area contributed by atoms with Crippen molar-refractivity contribution in [1.82, 2.24) is 5.32 Å². The Bertz CT molecular complexity index is 1170. The molecule has 0 aromatic rings. The molecule has 6 nitrogen and oxygen atoms in total. The van der Waals surface area contributed by atoms with Gasteiger partial charge in [0, 0.05) is 6.42 Å². The van der Waals surface area contributed by atoms with Gasteiger partial charge in [0.1, 0.15) is 6.10 Å². The van der Waals surface area contributed by atoms with Crippen LogP contribution >= 0.6 is 0 Å². The molecule has 0 fully saturated rings. The van der Waals surface area contributed by atoms with Gasteiger partial charge in [0.15, 0.2) is 0 Å². The van der Waals surface area contributed by atoms with Crippen molar-refractivity contribution in [2.75, 3.05) is 6.61 Å². The van der Waals surface area contributed by atoms with Crippen LogP contribution in [0.2, 0.25) is 0 Å². The van der Waals surface area contributed by atoms with Crippen LogP contribution in [0.5, 0.6) is 0 Å². The van der Waals surface area contributed by atoms with Crippen molar-refractivity contribution in [1.29, 1.82) is 0 Å². The predicted octanol–water partition coefficient (Wildman–Crippen LogP) is 17.6. The molecule has 0 aliphatic carbocycles. The molecule has 0 aromatic heterocycles. The van der Waals surface area contributed by atoms with Gasteiger partial charge in [0.05, 0.1) is 25.2 Å². The number of ether oxygens (including phenoxy) is 1. The van der Waals surface area contributed by atoms with E-state index < -0.39 is 18.2 Å². The molecule has 0 saturated carbocycles. The molecule has 0 bridgehead atoms. The minimum Gasteiger partial charge on any atom is -0.462 e. The van der Waals surface area contributed by atoms with Gasteiger partial charge in [-0.15, -0.1) is 0 Å². The summed E-state index contributed by atoms with van der Waals surface area (Å²) >= 11 is 0. The summed E-state index contributed by atoms with van der Waals surface area (Å²) in [5.74, 6) is -0.508. The van der Waals surface area contributed by atoms with E-state index >= 15 is 0 Å². The number of carbonyl (C=O) groups is 2. The number of amides is 1. The van der Waals surface area contributed by atoms with E-state index in [1.165, 1.54) is 148 Å². The number of nitrogens with one attached hydrogen (secondary N) is 1. The Balaban J connectivity index is 4.63. The first-order chi connectivity index (χ1) is 32.5. The van der Waals surface area contributed by atoms with Gasteiger partial charge >= 0.3 is 5.97 Å². The summed E-state index contributed by atoms with van der Waals surface area (Å²) in [6, 6.07) is -0.714. The van der Waals surface area contributed by atoms with Crippen molar-refractivity contribution >= 4 is 11.9 Å². The second-order valence-corrected chi connectivity index (χ2v) is 19.4. The van der Waals surface area contributed by atoms with Gasteiger partial charge in [0.2, 0.25) is 5.91 Å². The Kier molecular flexibility index (Phi) is 51.5. The summed E-state index contributed by atoms with van der Waals surface area (Å²) in [6.45, 7) is 6.45. The Morgan fingerprint density at radius 1 is 0.455 bits per heavy atom. The van der Waals surface area contributed by atoms with Crippen LogP contribution in [-0.4, -0.2) is 46.9 Å². The van der Waals surface area contributed by atoms with Gasteiger partial charge in [-0.25, -0.2) is 0 Å². The fourth-order valence-corrected chi connectivity index (χ4v) is 8.49. The van der Waals surface area contributed by atoms with Crippen LogP contribution in [0.15, 0.2) is 60.8 Å². The van der Waals surface area contributed by atoms with Crippen LogP contribution in [0.3, 0.4) is 0 Å². The molecule has 384 valence electrons. The van der Waals surface area contributed by atoms with Gasteiger partial charge in [0.25, 0.3) is 0 Å². The summed E-state index contributed by atoms with van der Waals surface area (Å²) in [5, 5.41) is 23.8. The highest BCUT2D eigenvalue weighted by atomic mass is 16.5. The number of carbonyl (C=O) groups excluding carboxylic acids is 2. The molecule has 1 amide bonds. The standard InChI is InChI=1S/C60H109NO5/c1-4-7-10-13-16-19-22-25-27-29-30-31-33-35-38-41-44-47-50-53-60(65)66-56(51-48-45-42-39-36-34-32-28-26-23-20-17-14-11-8-5-2)54-59(64)61-57(55-62)58(63)52-49-46-43-40-37-24-21-18-15-12-9-6-3/h16,19,25,27-28,30-32,34,36,56-58,62-63H,4-15,17-18,20-24,26,29,33,35,37-55H2,1-3H3,(H,61,64)/b19-16-,27-25-,31-30-,32-28+,36-34+. The van der Waals surface area contributed by atoms with Gasteiger partial charge in [-0.3, -0.25) is 9.59 Å². The molecule has 0 spiro atoms. The lowest BCUT2D eigenvalue weighted by Gasteiger charge is -2.24. The number of unbranched alkanes of at least 4 members (excludes halogenated alkanes) is 30. The second-order valence-electron chi connectivity index (χ2n) is 19.4. The maximum absolute atomic E-state index is 13.2. The van der Waals surface area contributed by atoms with Crippen LogP contribution in [0.25, 0.3) is 0 Å². The lowest BCUT2D eigenvalue weighted by Crippen LogP contribution is -2.46. The lowest BCUT2D eigenvalue weighted by atomic mass is 10.0. The predicted molar refractivity (Wildman–Crippen MR) is 287 cm³/mol. The third kappa shape index (κ3) is 48.0. The summed E-state index contributed by atoms with van der Waals surface area (Å²) in [4.78, 5) is 26.3. The summed E-state index contributed by atoms with van der Waals surface area (Å²) in [5.41, 5.74) is 0. The Morgan fingerprint density at radius 2 is 0.818 bits per heavy atom. The fraction of sp³-hybridized carbons (Fsp3) is 0.800. The zero-order valence-electron chi connectivity index (χ0n) is 43.8. The van der Waals surface area contributed by atoms with Crippen molar-refractivity contribution in [3.63, 3.8) is 0 Å². The number of aliphatic hydroxyl groups is 2. The lowest BCUT2D eigenvalue weighted by molar-refractivity contribution is -0.151. The van der Waals surface area contributed by atoms with E-state index in [-0.39, 0.29) is 24.9 Å². The molecule has 66 heavy (non-hydrogen) atoms. The molecular formula is C60H109NO5. The van der Waals surface area contributed by atoms with Crippen LogP contribution in [0, 0.1) is 0 Å². The number of esters is 1. The molecule has 0 aromatic carbocycles. The van der Waals surface area contributed by atoms with Crippen molar-refractivity contribution in [2.45, 2.75) is 302 Å². The first kappa shape index (κ1) is 63.6. The molecule has 0 saturated heterocycles. The SMILES string of the molecule is CCCCC/C=C\C/C=C\C/C=C\CCCCCCCCC(=O)OC(CCCCC/C=C/C=C/CCCCCCCCC)CC(=O)NC(CO)C(O)CCCCCCCCCCCCCC. The third-order valence-electron chi connectivity index (χ3n) is 12.8. The summed E-state index contributed by atoms with van der Waals surface area (Å²) in [6.07, 6.45) is 67.1. The third-order valence-corrected chi connectivity index (χ3v) is 12.8. The first-order valence-electron chi connectivity index (χ1n) is 28.5. The first-order valence-corrected chi connectivity index (χ1v) is 28.5. The van der Waals surface area contributed by atoms with Gasteiger partial charge in [-0.1, -0.05) is 242 Å². The molecule has 3 unspecified atom stereocenters. The number of allylic oxidation sites excluding steroid dienone is 10. The summed E-state index contributed by atoms with van der Waals surface area (Å²) in [7, 11) is 0. The van der Waals surface area contributed by atoms with E-state index in [1.807, 2.05) is 0 Å². The Morgan fingerprint density at radius 3 is 1.30 bits per heavy atom. The molecule has 0 aliphatic heterocycles. The zero-order valence-corrected chi connectivity index (χ0v) is 43.8. The number of hydrogen-bond donors (Lipinski definition) is 3. The maximum Gasteiger partial charge on any atom is 0.306 e. The van der Waals surface area contributed by atoms with Crippen LogP contribution in [-0.2, 0) is 14.3 Å². The van der Waals surface area contributed by atoms with Crippen LogP contribution in [0.4, 0.5) is 0 Å². The van der Waals surface area contributed by atoms with E-state index in [0.717, 1.165) is 89.9 Å². The molecule has 3 N–H and O–H groups in total. The quantitative estimate of drug-likeness (QED) is 0.0244. The zero-order chi connectivity index (χ0) is 48.1. The normalized spacial score (nSPS) is 13.6. The van der Waals surface area contributed by atoms with Crippen LogP contribution in [0.1, 0.15) is 284 Å². The van der Waals surface area contributed by atoms with Gasteiger partial charge in [-0.05, 0) is 89.9 Å². The Hall–Kier alpha value is -2.44. The van der Waals surface area contributed by atoms with E-state index in [2.05, 4.69) is 86.8 Å². The van der Waals surface area contributed by atoms with Crippen molar-refractivity contribution in [3.8, 4) is 0 Å². The highest BCUT2D eigenvalue weighted by Crippen LogP contribution is 2.18. The number of aliphatic hydroxyl groups excluding tert-OH is 2. The topological polar surface area (TPSA) is 95.9 Å². The average Bonchev–Trinajstić information content (AvgIpc) is 3.31. The minimum atomic E-state index is -0.799. The molecule has 0 aliphatic rings. The van der Waals surface area contributed by atoms with E-state index in [4.69, 9.17) is 4.74 Å². The van der Waals surface area contributed by atoms with Crippen molar-refractivity contribution < 1.29 is 24.5 Å². The smallest absolute Gasteiger partial charge is 0.306 e. The molecule has 3 atom stereocenters. The maximum atomic E-state index is 13.2. The number of hydrogen-bond acceptors (Lipinski definition) is 5. The average molecular weight is 925 g/mol. The van der Waals surface area contributed by atoms with E-state index in [0.29, 0.717) is 19.3 Å². The molecular weight excluding hydrogens is 815 g/mol. The molecule has 0 rings (SSSR count). The molecule has 0 radical (unpaired) electrons. The van der Waals surface area contributed by atoms with E-state index in [9.17, 15) is 19.8 Å². The van der Waals surface area contributed by atoms with Crippen molar-refractivity contribution in [2.24, 2.45) is 0 Å². The Labute approximate surface area is 409 Å². The highest BCUT2D eigenvalue weighted by Gasteiger charge is 2.24. The van der Waals surface area contributed by atoms with Crippen LogP contribution < -0.4 is 5.32 Å². The van der Waals surface area contributed by atoms with E-state index in [1.54, 1.807) is 0 Å². The summed E-state index contributed by atoms with van der Waals surface area (Å²) < 4.78 is 5.94. The number of rotatable bonds is 51. The monoisotopic (exact) mass is 924 g/mol. The fourth-order valence-electron chi connectivity index (χ4n) is 8.49. The highest BCUT2D eigenvalue weighted by molar-refractivity contribution is 5.77.